The fourth-order valence-corrected chi connectivity index (χ4v) is 4.20. The predicted molar refractivity (Wildman–Crippen MR) is 99.3 cm³/mol. The molecule has 160 valence electrons. The number of carboxylic acids is 1. The SMILES string of the molecule is O=C(O)C[C@H]1CC[C@@H]2[C@@H](C=C[C@@H](O)COc3cc(F)ccc3F)[C@H](O)C[C@@H]2OC1. The molecule has 0 radical (unpaired) electrons. The summed E-state index contributed by atoms with van der Waals surface area (Å²) in [5, 5.41) is 29.5. The molecule has 29 heavy (non-hydrogen) atoms. The predicted octanol–water partition coefficient (Wildman–Crippen LogP) is 2.53. The van der Waals surface area contributed by atoms with Gasteiger partial charge < -0.3 is 24.8 Å². The van der Waals surface area contributed by atoms with Crippen LogP contribution < -0.4 is 4.74 Å². The van der Waals surface area contributed by atoms with Crippen LogP contribution in [0.15, 0.2) is 30.4 Å². The minimum absolute atomic E-state index is 0.0360. The van der Waals surface area contributed by atoms with Crippen LogP contribution in [0.25, 0.3) is 0 Å². The third-order valence-electron chi connectivity index (χ3n) is 5.67. The summed E-state index contributed by atoms with van der Waals surface area (Å²) in [4.78, 5) is 10.9. The monoisotopic (exact) mass is 412 g/mol. The fourth-order valence-electron chi connectivity index (χ4n) is 4.20. The van der Waals surface area contributed by atoms with Gasteiger partial charge in [0.1, 0.15) is 18.5 Å². The first kappa shape index (κ1) is 21.7. The van der Waals surface area contributed by atoms with Crippen molar-refractivity contribution in [1.82, 2.24) is 0 Å². The molecule has 1 aromatic rings. The van der Waals surface area contributed by atoms with E-state index in [0.717, 1.165) is 24.6 Å². The van der Waals surface area contributed by atoms with Crippen LogP contribution in [-0.2, 0) is 9.53 Å². The van der Waals surface area contributed by atoms with E-state index in [1.807, 2.05) is 0 Å². The van der Waals surface area contributed by atoms with Crippen LogP contribution >= 0.6 is 0 Å². The van der Waals surface area contributed by atoms with E-state index < -0.39 is 29.8 Å². The first-order chi connectivity index (χ1) is 13.8. The van der Waals surface area contributed by atoms with Crippen LogP contribution in [0.4, 0.5) is 8.78 Å². The number of aliphatic hydroxyl groups excluding tert-OH is 2. The smallest absolute Gasteiger partial charge is 0.303 e. The molecule has 0 spiro atoms. The second-order valence-electron chi connectivity index (χ2n) is 7.80. The van der Waals surface area contributed by atoms with Crippen molar-refractivity contribution in [2.24, 2.45) is 17.8 Å². The summed E-state index contributed by atoms with van der Waals surface area (Å²) in [6.45, 7) is 0.108. The van der Waals surface area contributed by atoms with E-state index in [1.54, 1.807) is 6.08 Å². The van der Waals surface area contributed by atoms with E-state index in [-0.39, 0.29) is 42.6 Å². The van der Waals surface area contributed by atoms with Gasteiger partial charge in [0.05, 0.1) is 25.2 Å². The van der Waals surface area contributed by atoms with Gasteiger partial charge in [-0.25, -0.2) is 8.78 Å². The Bertz CT molecular complexity index is 740. The number of aliphatic carboxylic acids is 1. The van der Waals surface area contributed by atoms with Crippen molar-refractivity contribution in [2.45, 2.75) is 44.0 Å². The first-order valence-electron chi connectivity index (χ1n) is 9.79. The van der Waals surface area contributed by atoms with Gasteiger partial charge in [0, 0.05) is 18.4 Å². The third kappa shape index (κ3) is 5.74. The number of fused-ring (bicyclic) bond motifs is 1. The van der Waals surface area contributed by atoms with E-state index in [2.05, 4.69) is 0 Å². The number of ether oxygens (including phenoxy) is 2. The standard InChI is InChI=1S/C21H26F2O6/c22-13-2-6-17(23)20(8-13)29-11-14(24)3-5-15-16-4-1-12(7-21(26)27)10-28-19(16)9-18(15)25/h2-3,5-6,8,12,14-16,18-19,24-25H,1,4,7,9-11H2,(H,26,27)/t12-,14-,15-,16-,18-,19+/m1/s1. The molecule has 1 aromatic carbocycles. The molecule has 1 aliphatic carbocycles. The van der Waals surface area contributed by atoms with Crippen molar-refractivity contribution in [3.05, 3.63) is 42.0 Å². The maximum Gasteiger partial charge on any atom is 0.303 e. The van der Waals surface area contributed by atoms with Gasteiger partial charge in [0.25, 0.3) is 0 Å². The summed E-state index contributed by atoms with van der Waals surface area (Å²) in [5.41, 5.74) is 0. The largest absolute Gasteiger partial charge is 0.487 e. The lowest BCUT2D eigenvalue weighted by atomic mass is 9.86. The zero-order chi connectivity index (χ0) is 21.0. The van der Waals surface area contributed by atoms with Crippen LogP contribution in [0.3, 0.4) is 0 Å². The Balaban J connectivity index is 1.56. The van der Waals surface area contributed by atoms with Crippen LogP contribution in [0, 0.1) is 29.4 Å². The number of aliphatic hydroxyl groups is 2. The summed E-state index contributed by atoms with van der Waals surface area (Å²) in [5.74, 6) is -2.72. The maximum atomic E-state index is 13.6. The molecule has 6 nitrogen and oxygen atoms in total. The third-order valence-corrected chi connectivity index (χ3v) is 5.67. The minimum atomic E-state index is -1.06. The van der Waals surface area contributed by atoms with Crippen LogP contribution in [-0.4, -0.2) is 52.8 Å². The zero-order valence-corrected chi connectivity index (χ0v) is 15.9. The Morgan fingerprint density at radius 2 is 2.14 bits per heavy atom. The molecule has 6 atom stereocenters. The van der Waals surface area contributed by atoms with Crippen LogP contribution in [0.5, 0.6) is 5.75 Å². The molecule has 0 unspecified atom stereocenters. The van der Waals surface area contributed by atoms with Gasteiger partial charge in [0.2, 0.25) is 0 Å². The molecule has 0 amide bonds. The highest BCUT2D eigenvalue weighted by Crippen LogP contribution is 2.41. The molecule has 8 heteroatoms. The molecule has 1 saturated heterocycles. The fraction of sp³-hybridized carbons (Fsp3) is 0.571. The number of benzene rings is 1. The summed E-state index contributed by atoms with van der Waals surface area (Å²) >= 11 is 0. The van der Waals surface area contributed by atoms with E-state index in [0.29, 0.717) is 19.4 Å². The molecule has 2 aliphatic rings. The summed E-state index contributed by atoms with van der Waals surface area (Å²) < 4.78 is 37.7. The summed E-state index contributed by atoms with van der Waals surface area (Å²) in [6.07, 6.45) is 3.33. The minimum Gasteiger partial charge on any atom is -0.487 e. The van der Waals surface area contributed by atoms with E-state index in [4.69, 9.17) is 14.6 Å². The Kier molecular flexibility index (Phi) is 7.21. The van der Waals surface area contributed by atoms with Gasteiger partial charge in [0.15, 0.2) is 11.6 Å². The summed E-state index contributed by atoms with van der Waals surface area (Å²) in [6, 6.07) is 2.84. The molecular weight excluding hydrogens is 386 g/mol. The Morgan fingerprint density at radius 3 is 2.90 bits per heavy atom. The highest BCUT2D eigenvalue weighted by Gasteiger charge is 2.43. The number of hydrogen-bond acceptors (Lipinski definition) is 5. The van der Waals surface area contributed by atoms with Gasteiger partial charge in [-0.05, 0) is 36.8 Å². The molecule has 1 saturated carbocycles. The second kappa shape index (κ2) is 9.65. The highest BCUT2D eigenvalue weighted by molar-refractivity contribution is 5.67. The molecule has 2 fully saturated rings. The number of halogens is 2. The zero-order valence-electron chi connectivity index (χ0n) is 15.9. The van der Waals surface area contributed by atoms with Crippen molar-refractivity contribution in [2.75, 3.05) is 13.2 Å². The van der Waals surface area contributed by atoms with Gasteiger partial charge >= 0.3 is 5.97 Å². The number of carboxylic acid groups (broad SMARTS) is 1. The second-order valence-corrected chi connectivity index (χ2v) is 7.80. The lowest BCUT2D eigenvalue weighted by molar-refractivity contribution is -0.138. The van der Waals surface area contributed by atoms with Gasteiger partial charge in [-0.15, -0.1) is 0 Å². The van der Waals surface area contributed by atoms with E-state index >= 15 is 0 Å². The topological polar surface area (TPSA) is 96.2 Å². The lowest BCUT2D eigenvalue weighted by Crippen LogP contribution is -2.22. The quantitative estimate of drug-likeness (QED) is 0.596. The van der Waals surface area contributed by atoms with Crippen molar-refractivity contribution < 1.29 is 38.4 Å². The van der Waals surface area contributed by atoms with Crippen molar-refractivity contribution in [3.8, 4) is 5.75 Å². The lowest BCUT2D eigenvalue weighted by Gasteiger charge is -2.21. The van der Waals surface area contributed by atoms with Crippen LogP contribution in [0.1, 0.15) is 25.7 Å². The molecule has 0 bridgehead atoms. The van der Waals surface area contributed by atoms with Crippen molar-refractivity contribution in [1.29, 1.82) is 0 Å². The molecule has 1 heterocycles. The van der Waals surface area contributed by atoms with E-state index in [1.165, 1.54) is 6.08 Å². The molecule has 3 rings (SSSR count). The van der Waals surface area contributed by atoms with Gasteiger partial charge in [-0.3, -0.25) is 4.79 Å². The highest BCUT2D eigenvalue weighted by atomic mass is 19.1. The molecule has 1 aliphatic heterocycles. The number of hydrogen-bond donors (Lipinski definition) is 3. The average Bonchev–Trinajstić information content (AvgIpc) is 2.84. The Labute approximate surface area is 167 Å². The first-order valence-corrected chi connectivity index (χ1v) is 9.79. The number of carbonyl (C=O) groups is 1. The maximum absolute atomic E-state index is 13.6. The molecule has 3 N–H and O–H groups in total. The Hall–Kier alpha value is -2.03. The van der Waals surface area contributed by atoms with Crippen LogP contribution in [0.2, 0.25) is 0 Å². The molecule has 0 aromatic heterocycles. The van der Waals surface area contributed by atoms with Gasteiger partial charge in [-0.2, -0.15) is 0 Å². The number of rotatable bonds is 7. The Morgan fingerprint density at radius 1 is 1.34 bits per heavy atom. The van der Waals surface area contributed by atoms with E-state index in [9.17, 15) is 23.8 Å². The average molecular weight is 412 g/mol. The summed E-state index contributed by atoms with van der Waals surface area (Å²) in [7, 11) is 0. The van der Waals surface area contributed by atoms with Crippen molar-refractivity contribution in [3.63, 3.8) is 0 Å². The van der Waals surface area contributed by atoms with Crippen molar-refractivity contribution >= 4 is 5.97 Å². The normalized spacial score (nSPS) is 30.7. The molecular formula is C21H26F2O6. The van der Waals surface area contributed by atoms with Gasteiger partial charge in [-0.1, -0.05) is 12.2 Å².